The van der Waals surface area contributed by atoms with Crippen LogP contribution >= 0.6 is 23.2 Å². The van der Waals surface area contributed by atoms with Crippen molar-refractivity contribution in [3.8, 4) is 5.82 Å². The Morgan fingerprint density at radius 1 is 1.12 bits per heavy atom. The first-order valence-corrected chi connectivity index (χ1v) is 13.1. The van der Waals surface area contributed by atoms with Crippen molar-refractivity contribution in [2.24, 2.45) is 0 Å². The lowest BCUT2D eigenvalue weighted by Gasteiger charge is -2.27. The number of carbonyl (C=O) groups is 2. The topological polar surface area (TPSA) is 130 Å². The quantitative estimate of drug-likeness (QED) is 0.213. The third kappa shape index (κ3) is 6.21. The first-order valence-electron chi connectivity index (χ1n) is 12.4. The number of rotatable bonds is 9. The highest BCUT2D eigenvalue weighted by Gasteiger charge is 2.62. The average Bonchev–Trinajstić information content (AvgIpc) is 3.55. The Labute approximate surface area is 248 Å². The number of hydrogen-bond acceptors (Lipinski definition) is 8. The van der Waals surface area contributed by atoms with Crippen LogP contribution in [0.15, 0.2) is 36.5 Å². The zero-order chi connectivity index (χ0) is 31.1. The number of benzene rings is 1. The van der Waals surface area contributed by atoms with Crippen molar-refractivity contribution in [2.75, 3.05) is 13.2 Å². The predicted octanol–water partition coefficient (Wildman–Crippen LogP) is 4.13. The van der Waals surface area contributed by atoms with E-state index in [9.17, 15) is 31.5 Å². The van der Waals surface area contributed by atoms with Crippen molar-refractivity contribution in [2.45, 2.75) is 38.0 Å². The summed E-state index contributed by atoms with van der Waals surface area (Å²) in [5.41, 5.74) is 1.02. The second-order valence-corrected chi connectivity index (χ2v) is 10.4. The molecule has 0 unspecified atom stereocenters. The number of ketones is 1. The fraction of sp³-hybridized carbons (Fsp3) is 0.320. The van der Waals surface area contributed by atoms with E-state index in [0.717, 1.165) is 4.68 Å². The Kier molecular flexibility index (Phi) is 8.20. The van der Waals surface area contributed by atoms with Crippen LogP contribution in [0.25, 0.3) is 5.82 Å². The zero-order valence-electron chi connectivity index (χ0n) is 21.9. The van der Waals surface area contributed by atoms with Crippen LogP contribution in [0.5, 0.6) is 0 Å². The minimum atomic E-state index is -5.93. The average molecular weight is 645 g/mol. The van der Waals surface area contributed by atoms with Gasteiger partial charge in [-0.05, 0) is 53.6 Å². The molecule has 11 nitrogen and oxygen atoms in total. The number of pyridine rings is 1. The molecule has 0 aliphatic carbocycles. The molecule has 1 aromatic carbocycles. The fourth-order valence-corrected chi connectivity index (χ4v) is 4.63. The molecular formula is C25H19Cl2F5N8O3. The van der Waals surface area contributed by atoms with Crippen LogP contribution in [0.2, 0.25) is 10.0 Å². The summed E-state index contributed by atoms with van der Waals surface area (Å²) in [6.07, 6.45) is -4.84. The molecule has 18 heteroatoms. The molecular weight excluding hydrogens is 626 g/mol. The van der Waals surface area contributed by atoms with E-state index < -0.39 is 36.2 Å². The zero-order valence-corrected chi connectivity index (χ0v) is 23.4. The molecule has 1 amide bonds. The second kappa shape index (κ2) is 11.6. The lowest BCUT2D eigenvalue weighted by atomic mass is 9.95. The van der Waals surface area contributed by atoms with Gasteiger partial charge < -0.3 is 10.1 Å². The summed E-state index contributed by atoms with van der Waals surface area (Å²) in [6, 6.07) is 7.13. The maximum Gasteiger partial charge on any atom is 0.461 e. The first kappa shape index (κ1) is 30.4. The molecule has 43 heavy (non-hydrogen) atoms. The summed E-state index contributed by atoms with van der Waals surface area (Å²) >= 11 is 12.5. The molecule has 3 aromatic heterocycles. The smallest absolute Gasteiger partial charge is 0.377 e. The summed E-state index contributed by atoms with van der Waals surface area (Å²) in [6.45, 7) is 1.85. The van der Waals surface area contributed by atoms with E-state index >= 15 is 0 Å². The molecule has 4 heterocycles. The molecule has 4 aromatic rings. The summed E-state index contributed by atoms with van der Waals surface area (Å²) in [4.78, 5) is 31.4. The lowest BCUT2D eigenvalue weighted by molar-refractivity contribution is -0.292. The minimum Gasteiger partial charge on any atom is -0.377 e. The van der Waals surface area contributed by atoms with E-state index in [1.54, 1.807) is 13.0 Å². The van der Waals surface area contributed by atoms with Gasteiger partial charge in [0.1, 0.15) is 12.2 Å². The van der Waals surface area contributed by atoms with Crippen LogP contribution in [0.4, 0.5) is 22.0 Å². The van der Waals surface area contributed by atoms with E-state index in [4.69, 9.17) is 27.9 Å². The monoisotopic (exact) mass is 644 g/mol. The number of ether oxygens (including phenoxy) is 1. The second-order valence-electron chi connectivity index (χ2n) is 9.51. The van der Waals surface area contributed by atoms with Gasteiger partial charge in [0.05, 0.1) is 30.0 Å². The number of Topliss-reactive ketones (excluding diaryl/α,β-unsaturated/α-hetero) is 1. The number of aromatic nitrogens is 7. The molecule has 0 saturated carbocycles. The van der Waals surface area contributed by atoms with E-state index in [2.05, 4.69) is 30.8 Å². The number of hydrogen-bond donors (Lipinski definition) is 1. The van der Waals surface area contributed by atoms with Crippen LogP contribution in [0, 0.1) is 6.92 Å². The third-order valence-electron chi connectivity index (χ3n) is 6.37. The highest BCUT2D eigenvalue weighted by atomic mass is 35.5. The molecule has 1 N–H and O–H groups in total. The van der Waals surface area contributed by atoms with Crippen molar-refractivity contribution < 1.29 is 36.3 Å². The molecule has 0 bridgehead atoms. The number of nitrogens with one attached hydrogen (secondary N) is 1. The largest absolute Gasteiger partial charge is 0.461 e. The van der Waals surface area contributed by atoms with Crippen molar-refractivity contribution in [3.05, 3.63) is 80.5 Å². The van der Waals surface area contributed by atoms with Gasteiger partial charge in [-0.2, -0.15) is 31.8 Å². The molecule has 1 fully saturated rings. The number of aryl methyl sites for hydroxylation is 1. The van der Waals surface area contributed by atoms with Crippen LogP contribution < -0.4 is 5.32 Å². The molecule has 1 aliphatic heterocycles. The van der Waals surface area contributed by atoms with E-state index in [-0.39, 0.29) is 45.3 Å². The third-order valence-corrected chi connectivity index (χ3v) is 6.88. The number of tetrazole rings is 1. The number of amides is 1. The van der Waals surface area contributed by atoms with Gasteiger partial charge in [-0.3, -0.25) is 9.59 Å². The molecule has 226 valence electrons. The summed E-state index contributed by atoms with van der Waals surface area (Å²) in [7, 11) is 0. The van der Waals surface area contributed by atoms with E-state index in [0.29, 0.717) is 29.1 Å². The Morgan fingerprint density at radius 3 is 2.51 bits per heavy atom. The predicted molar refractivity (Wildman–Crippen MR) is 140 cm³/mol. The van der Waals surface area contributed by atoms with Crippen molar-refractivity contribution in [1.82, 2.24) is 40.3 Å². The molecule has 0 spiro atoms. The Bertz CT molecular complexity index is 1700. The van der Waals surface area contributed by atoms with Crippen molar-refractivity contribution >= 4 is 34.9 Å². The van der Waals surface area contributed by atoms with Gasteiger partial charge in [-0.1, -0.05) is 23.2 Å². The number of halogens is 7. The minimum absolute atomic E-state index is 0.0138. The standard InChI is InChI=1S/C25H19Cl2F5N8O3/c1-12-5-13(26)6-17(22(42)34-15-10-43-11-15)16(12)8-20(41)19-7-14(36-40(19)21-18(27)3-2-4-33-21)9-39-37-23(35-38-39)24(28,29)25(30,31)32/h2-7,15H,8-11H2,1H3,(H,34,42). The maximum absolute atomic E-state index is 13.7. The van der Waals surface area contributed by atoms with Crippen LogP contribution in [-0.4, -0.2) is 72.1 Å². The Morgan fingerprint density at radius 2 is 1.86 bits per heavy atom. The van der Waals surface area contributed by atoms with Gasteiger partial charge in [0, 0.05) is 23.2 Å². The van der Waals surface area contributed by atoms with Gasteiger partial charge in [-0.25, -0.2) is 9.67 Å². The normalized spacial score (nSPS) is 14.0. The first-order chi connectivity index (χ1) is 20.2. The van der Waals surface area contributed by atoms with Gasteiger partial charge in [0.2, 0.25) is 0 Å². The number of nitrogens with zero attached hydrogens (tertiary/aromatic N) is 7. The van der Waals surface area contributed by atoms with E-state index in [1.165, 1.54) is 30.5 Å². The molecule has 0 radical (unpaired) electrons. The van der Waals surface area contributed by atoms with Gasteiger partial charge in [0.25, 0.3) is 11.7 Å². The number of alkyl halides is 5. The Balaban J connectivity index is 1.49. The van der Waals surface area contributed by atoms with Gasteiger partial charge >= 0.3 is 12.1 Å². The SMILES string of the molecule is Cc1cc(Cl)cc(C(=O)NC2COC2)c1CC(=O)c1cc(Cn2nnc(C(F)(F)C(F)(F)F)n2)nn1-c1ncccc1Cl. The highest BCUT2D eigenvalue weighted by Crippen LogP contribution is 2.41. The Hall–Kier alpha value is -4.02. The summed E-state index contributed by atoms with van der Waals surface area (Å²) < 4.78 is 71.7. The lowest BCUT2D eigenvalue weighted by Crippen LogP contribution is -2.48. The van der Waals surface area contributed by atoms with Crippen LogP contribution in [0.1, 0.15) is 43.5 Å². The van der Waals surface area contributed by atoms with Crippen molar-refractivity contribution in [3.63, 3.8) is 0 Å². The maximum atomic E-state index is 13.7. The van der Waals surface area contributed by atoms with Gasteiger partial charge in [0.15, 0.2) is 11.6 Å². The number of carbonyl (C=O) groups excluding carboxylic acids is 2. The van der Waals surface area contributed by atoms with Gasteiger partial charge in [-0.15, -0.1) is 10.2 Å². The summed E-state index contributed by atoms with van der Waals surface area (Å²) in [5, 5.41) is 16.7. The van der Waals surface area contributed by atoms with E-state index in [1.807, 2.05) is 0 Å². The van der Waals surface area contributed by atoms with Crippen molar-refractivity contribution in [1.29, 1.82) is 0 Å². The molecule has 1 saturated heterocycles. The molecule has 5 rings (SSSR count). The van der Waals surface area contributed by atoms with Crippen LogP contribution in [-0.2, 0) is 23.6 Å². The highest BCUT2D eigenvalue weighted by molar-refractivity contribution is 6.32. The molecule has 1 aliphatic rings. The summed E-state index contributed by atoms with van der Waals surface area (Å²) in [5.74, 6) is -8.15. The van der Waals surface area contributed by atoms with Crippen LogP contribution in [0.3, 0.4) is 0 Å². The molecule has 0 atom stereocenters. The fourth-order valence-electron chi connectivity index (χ4n) is 4.15.